The molecule has 2 rings (SSSR count). The predicted octanol–water partition coefficient (Wildman–Crippen LogP) is 4.60. The van der Waals surface area contributed by atoms with E-state index in [9.17, 15) is 14.4 Å². The molecule has 0 fully saturated rings. The molecule has 2 N–H and O–H groups in total. The lowest BCUT2D eigenvalue weighted by Crippen LogP contribution is -2.28. The number of rotatable bonds is 7. The molecule has 30 heavy (non-hydrogen) atoms. The molecule has 0 unspecified atom stereocenters. The molecular weight excluding hydrogens is 400 g/mol. The standard InChI is InChI=1S/C23H30N2O4S/c1-7-29-22(28)19-14(2)15(3)30-21(19)25-18(26)12-13-24-20(27)16-8-10-17(11-9-16)23(4,5)6/h8-11H,7,12-13H2,1-6H3,(H,24,27)(H,25,26). The topological polar surface area (TPSA) is 84.5 Å². The SMILES string of the molecule is CCOC(=O)c1c(NC(=O)CCNC(=O)c2ccc(C(C)(C)C)cc2)sc(C)c1C. The molecule has 2 amide bonds. The number of anilines is 1. The number of nitrogens with one attached hydrogen (secondary N) is 2. The summed E-state index contributed by atoms with van der Waals surface area (Å²) < 4.78 is 5.09. The van der Waals surface area contributed by atoms with E-state index >= 15 is 0 Å². The number of carbonyl (C=O) groups excluding carboxylic acids is 3. The summed E-state index contributed by atoms with van der Waals surface area (Å²) in [6.07, 6.45) is 0.101. The Labute approximate surface area is 182 Å². The number of thiophene rings is 1. The van der Waals surface area contributed by atoms with E-state index in [1.165, 1.54) is 11.3 Å². The van der Waals surface area contributed by atoms with E-state index < -0.39 is 5.97 Å². The molecule has 0 atom stereocenters. The van der Waals surface area contributed by atoms with Crippen molar-refractivity contribution in [3.8, 4) is 0 Å². The zero-order valence-electron chi connectivity index (χ0n) is 18.5. The number of carbonyl (C=O) groups is 3. The van der Waals surface area contributed by atoms with Crippen molar-refractivity contribution in [3.05, 3.63) is 51.4 Å². The van der Waals surface area contributed by atoms with Crippen molar-refractivity contribution < 1.29 is 19.1 Å². The molecule has 0 aliphatic carbocycles. The third kappa shape index (κ3) is 5.92. The molecule has 162 valence electrons. The Morgan fingerprint density at radius 3 is 2.27 bits per heavy atom. The van der Waals surface area contributed by atoms with Gasteiger partial charge in [-0.1, -0.05) is 32.9 Å². The first-order valence-corrected chi connectivity index (χ1v) is 10.8. The van der Waals surface area contributed by atoms with Crippen LogP contribution < -0.4 is 10.6 Å². The van der Waals surface area contributed by atoms with Gasteiger partial charge in [0.25, 0.3) is 5.91 Å². The van der Waals surface area contributed by atoms with E-state index in [1.807, 2.05) is 26.0 Å². The number of aryl methyl sites for hydroxylation is 1. The maximum atomic E-state index is 12.3. The first kappa shape index (κ1) is 23.6. The summed E-state index contributed by atoms with van der Waals surface area (Å²) in [5.74, 6) is -0.940. The molecule has 0 aliphatic rings. The molecule has 0 saturated heterocycles. The highest BCUT2D eigenvalue weighted by Crippen LogP contribution is 2.33. The predicted molar refractivity (Wildman–Crippen MR) is 120 cm³/mol. The highest BCUT2D eigenvalue weighted by atomic mass is 32.1. The van der Waals surface area contributed by atoms with Crippen LogP contribution in [-0.4, -0.2) is 30.9 Å². The molecule has 0 radical (unpaired) electrons. The third-order valence-corrected chi connectivity index (χ3v) is 5.89. The van der Waals surface area contributed by atoms with Crippen molar-refractivity contribution in [2.75, 3.05) is 18.5 Å². The second-order valence-corrected chi connectivity index (χ2v) is 9.31. The average molecular weight is 431 g/mol. The van der Waals surface area contributed by atoms with E-state index in [-0.39, 0.29) is 36.8 Å². The Morgan fingerprint density at radius 1 is 1.07 bits per heavy atom. The Kier molecular flexibility index (Phi) is 7.78. The van der Waals surface area contributed by atoms with Gasteiger partial charge in [0.1, 0.15) is 5.00 Å². The Hall–Kier alpha value is -2.67. The number of hydrogen-bond donors (Lipinski definition) is 2. The van der Waals surface area contributed by atoms with Gasteiger partial charge in [-0.15, -0.1) is 11.3 Å². The number of hydrogen-bond acceptors (Lipinski definition) is 5. The maximum absolute atomic E-state index is 12.3. The summed E-state index contributed by atoms with van der Waals surface area (Å²) in [6, 6.07) is 7.47. The molecule has 2 aromatic rings. The summed E-state index contributed by atoms with van der Waals surface area (Å²) in [4.78, 5) is 37.8. The zero-order chi connectivity index (χ0) is 22.5. The van der Waals surface area contributed by atoms with Crippen LogP contribution in [0.15, 0.2) is 24.3 Å². The normalized spacial score (nSPS) is 11.1. The van der Waals surface area contributed by atoms with Crippen LogP contribution in [-0.2, 0) is 14.9 Å². The van der Waals surface area contributed by atoms with Crippen LogP contribution in [0.2, 0.25) is 0 Å². The van der Waals surface area contributed by atoms with E-state index in [4.69, 9.17) is 4.74 Å². The molecule has 0 aliphatic heterocycles. The van der Waals surface area contributed by atoms with Crippen molar-refractivity contribution in [3.63, 3.8) is 0 Å². The molecule has 0 bridgehead atoms. The summed E-state index contributed by atoms with van der Waals surface area (Å²) in [5.41, 5.74) is 2.93. The molecule has 0 saturated carbocycles. The highest BCUT2D eigenvalue weighted by Gasteiger charge is 2.22. The summed E-state index contributed by atoms with van der Waals surface area (Å²) >= 11 is 1.34. The van der Waals surface area contributed by atoms with Crippen LogP contribution >= 0.6 is 11.3 Å². The summed E-state index contributed by atoms with van der Waals surface area (Å²) in [6.45, 7) is 12.3. The molecule has 1 heterocycles. The molecule has 6 nitrogen and oxygen atoms in total. The minimum absolute atomic E-state index is 0.0218. The van der Waals surface area contributed by atoms with E-state index in [0.717, 1.165) is 16.0 Å². The van der Waals surface area contributed by atoms with Crippen molar-refractivity contribution >= 4 is 34.1 Å². The van der Waals surface area contributed by atoms with Gasteiger partial charge in [0, 0.05) is 23.4 Å². The van der Waals surface area contributed by atoms with Gasteiger partial charge in [0.2, 0.25) is 5.91 Å². The van der Waals surface area contributed by atoms with Crippen molar-refractivity contribution in [2.45, 2.75) is 53.4 Å². The van der Waals surface area contributed by atoms with Crippen molar-refractivity contribution in [1.29, 1.82) is 0 Å². The van der Waals surface area contributed by atoms with Crippen LogP contribution in [0.4, 0.5) is 5.00 Å². The van der Waals surface area contributed by atoms with Crippen LogP contribution in [0, 0.1) is 13.8 Å². The fourth-order valence-corrected chi connectivity index (χ4v) is 3.93. The lowest BCUT2D eigenvalue weighted by Gasteiger charge is -2.19. The van der Waals surface area contributed by atoms with Crippen LogP contribution in [0.25, 0.3) is 0 Å². The van der Waals surface area contributed by atoms with Crippen LogP contribution in [0.1, 0.15) is 70.8 Å². The highest BCUT2D eigenvalue weighted by molar-refractivity contribution is 7.16. The first-order chi connectivity index (χ1) is 14.0. The maximum Gasteiger partial charge on any atom is 0.341 e. The van der Waals surface area contributed by atoms with Gasteiger partial charge in [0.15, 0.2) is 0 Å². The number of benzene rings is 1. The van der Waals surface area contributed by atoms with Crippen LogP contribution in [0.3, 0.4) is 0 Å². The van der Waals surface area contributed by atoms with Gasteiger partial charge in [-0.2, -0.15) is 0 Å². The average Bonchev–Trinajstić information content (AvgIpc) is 2.94. The number of amides is 2. The minimum atomic E-state index is -0.443. The molecule has 1 aromatic heterocycles. The van der Waals surface area contributed by atoms with E-state index in [2.05, 4.69) is 31.4 Å². The van der Waals surface area contributed by atoms with Crippen molar-refractivity contribution in [1.82, 2.24) is 5.32 Å². The monoisotopic (exact) mass is 430 g/mol. The van der Waals surface area contributed by atoms with Gasteiger partial charge in [-0.05, 0) is 49.4 Å². The fourth-order valence-electron chi connectivity index (χ4n) is 2.87. The Bertz CT molecular complexity index is 924. The Morgan fingerprint density at radius 2 is 1.70 bits per heavy atom. The van der Waals surface area contributed by atoms with E-state index in [1.54, 1.807) is 19.1 Å². The fraction of sp³-hybridized carbons (Fsp3) is 0.435. The lowest BCUT2D eigenvalue weighted by atomic mass is 9.87. The number of ether oxygens (including phenoxy) is 1. The second-order valence-electron chi connectivity index (χ2n) is 8.09. The lowest BCUT2D eigenvalue weighted by molar-refractivity contribution is -0.116. The van der Waals surface area contributed by atoms with E-state index in [0.29, 0.717) is 16.1 Å². The quantitative estimate of drug-likeness (QED) is 0.629. The number of esters is 1. The Balaban J connectivity index is 1.92. The first-order valence-electron chi connectivity index (χ1n) is 10.00. The van der Waals surface area contributed by atoms with Gasteiger partial charge in [0.05, 0.1) is 12.2 Å². The molecule has 0 spiro atoms. The van der Waals surface area contributed by atoms with Gasteiger partial charge >= 0.3 is 5.97 Å². The summed E-state index contributed by atoms with van der Waals surface area (Å²) in [5, 5.41) is 6.02. The minimum Gasteiger partial charge on any atom is -0.462 e. The molecule has 1 aromatic carbocycles. The van der Waals surface area contributed by atoms with Gasteiger partial charge in [-0.3, -0.25) is 9.59 Å². The third-order valence-electron chi connectivity index (χ3n) is 4.77. The van der Waals surface area contributed by atoms with Gasteiger partial charge < -0.3 is 15.4 Å². The largest absolute Gasteiger partial charge is 0.462 e. The van der Waals surface area contributed by atoms with Crippen LogP contribution in [0.5, 0.6) is 0 Å². The zero-order valence-corrected chi connectivity index (χ0v) is 19.3. The molecule has 7 heteroatoms. The second kappa shape index (κ2) is 9.89. The van der Waals surface area contributed by atoms with Crippen molar-refractivity contribution in [2.24, 2.45) is 0 Å². The summed E-state index contributed by atoms with van der Waals surface area (Å²) in [7, 11) is 0. The smallest absolute Gasteiger partial charge is 0.341 e. The molecular formula is C23H30N2O4S. The van der Waals surface area contributed by atoms with Gasteiger partial charge in [-0.25, -0.2) is 4.79 Å².